The lowest BCUT2D eigenvalue weighted by Crippen LogP contribution is -2.43. The maximum Gasteiger partial charge on any atom is 0.309 e. The van der Waals surface area contributed by atoms with E-state index in [-0.39, 0.29) is 18.4 Å². The summed E-state index contributed by atoms with van der Waals surface area (Å²) in [7, 11) is 0. The van der Waals surface area contributed by atoms with Crippen molar-refractivity contribution in [2.24, 2.45) is 5.92 Å². The Morgan fingerprint density at radius 2 is 1.94 bits per heavy atom. The lowest BCUT2D eigenvalue weighted by Gasteiger charge is -2.35. The number of carbonyl (C=O) groups is 2. The molecule has 2 fully saturated rings. The van der Waals surface area contributed by atoms with Gasteiger partial charge in [0, 0.05) is 18.5 Å². The first-order chi connectivity index (χ1) is 7.61. The molecule has 0 aromatic heterocycles. The van der Waals surface area contributed by atoms with Gasteiger partial charge in [0.15, 0.2) is 0 Å². The highest BCUT2D eigenvalue weighted by molar-refractivity contribution is 5.87. The molecule has 2 aliphatic rings. The van der Waals surface area contributed by atoms with Crippen molar-refractivity contribution in [2.75, 3.05) is 0 Å². The molecule has 1 saturated heterocycles. The second kappa shape index (κ2) is 4.44. The Hall–Kier alpha value is -1.06. The van der Waals surface area contributed by atoms with Gasteiger partial charge in [0.25, 0.3) is 0 Å². The Morgan fingerprint density at radius 3 is 2.44 bits per heavy atom. The number of hydrogen-bond donors (Lipinski definition) is 1. The molecule has 2 unspecified atom stereocenters. The molecule has 4 nitrogen and oxygen atoms in total. The summed E-state index contributed by atoms with van der Waals surface area (Å²) in [5.74, 6) is -1.31. The fourth-order valence-electron chi connectivity index (χ4n) is 3.07. The molecule has 1 amide bonds. The molecule has 4 heteroatoms. The third kappa shape index (κ3) is 1.93. The van der Waals surface area contributed by atoms with Crippen molar-refractivity contribution in [3.8, 4) is 0 Å². The number of carbonyl (C=O) groups excluding carboxylic acids is 1. The summed E-state index contributed by atoms with van der Waals surface area (Å²) in [5, 5.41) is 9.04. The van der Waals surface area contributed by atoms with Crippen LogP contribution in [-0.4, -0.2) is 34.0 Å². The van der Waals surface area contributed by atoms with Crippen molar-refractivity contribution in [3.05, 3.63) is 0 Å². The first-order valence-corrected chi connectivity index (χ1v) is 6.15. The molecule has 1 heterocycles. The quantitative estimate of drug-likeness (QED) is 0.777. The van der Waals surface area contributed by atoms with Gasteiger partial charge in [-0.25, -0.2) is 0 Å². The summed E-state index contributed by atoms with van der Waals surface area (Å²) < 4.78 is 0. The smallest absolute Gasteiger partial charge is 0.309 e. The minimum absolute atomic E-state index is 0.0341. The van der Waals surface area contributed by atoms with E-state index in [1.165, 1.54) is 19.3 Å². The number of carboxylic acid groups (broad SMARTS) is 1. The van der Waals surface area contributed by atoms with Crippen LogP contribution in [0.2, 0.25) is 0 Å². The van der Waals surface area contributed by atoms with E-state index in [0.29, 0.717) is 6.04 Å². The van der Waals surface area contributed by atoms with Crippen LogP contribution in [0.25, 0.3) is 0 Å². The van der Waals surface area contributed by atoms with Crippen molar-refractivity contribution < 1.29 is 14.7 Å². The zero-order chi connectivity index (χ0) is 11.7. The van der Waals surface area contributed by atoms with E-state index in [0.717, 1.165) is 12.8 Å². The topological polar surface area (TPSA) is 57.6 Å². The Bertz CT molecular complexity index is 297. The molecule has 0 spiro atoms. The van der Waals surface area contributed by atoms with Gasteiger partial charge in [-0.05, 0) is 19.8 Å². The maximum absolute atomic E-state index is 11.9. The minimum atomic E-state index is -0.834. The fraction of sp³-hybridized carbons (Fsp3) is 0.833. The molecule has 1 saturated carbocycles. The highest BCUT2D eigenvalue weighted by Crippen LogP contribution is 2.33. The Labute approximate surface area is 95.6 Å². The first kappa shape index (κ1) is 11.4. The molecule has 0 aromatic carbocycles. The molecule has 16 heavy (non-hydrogen) atoms. The minimum Gasteiger partial charge on any atom is -0.481 e. The van der Waals surface area contributed by atoms with Crippen molar-refractivity contribution in [1.82, 2.24) is 4.90 Å². The Balaban J connectivity index is 2.09. The molecule has 1 aliphatic carbocycles. The number of rotatable bonds is 2. The second-order valence-corrected chi connectivity index (χ2v) is 4.98. The summed E-state index contributed by atoms with van der Waals surface area (Å²) in [6.07, 6.45) is 5.85. The predicted octanol–water partition coefficient (Wildman–Crippen LogP) is 1.64. The molecular formula is C12H19NO3. The van der Waals surface area contributed by atoms with Crippen LogP contribution >= 0.6 is 0 Å². The Morgan fingerprint density at radius 1 is 1.31 bits per heavy atom. The van der Waals surface area contributed by atoms with Gasteiger partial charge in [0.1, 0.15) is 0 Å². The molecule has 1 N–H and O–H groups in total. The van der Waals surface area contributed by atoms with E-state index in [2.05, 4.69) is 0 Å². The fourth-order valence-corrected chi connectivity index (χ4v) is 3.07. The summed E-state index contributed by atoms with van der Waals surface area (Å²) in [4.78, 5) is 24.7. The SMILES string of the molecule is CC1C(C(=O)O)CC(=O)N1C1CCCCC1. The van der Waals surface area contributed by atoms with E-state index in [1.807, 2.05) is 11.8 Å². The molecular weight excluding hydrogens is 206 g/mol. The van der Waals surface area contributed by atoms with Gasteiger partial charge in [-0.2, -0.15) is 0 Å². The second-order valence-electron chi connectivity index (χ2n) is 4.98. The summed E-state index contributed by atoms with van der Waals surface area (Å²) in [6, 6.07) is 0.161. The van der Waals surface area contributed by atoms with Crippen molar-refractivity contribution in [1.29, 1.82) is 0 Å². The van der Waals surface area contributed by atoms with Gasteiger partial charge in [0.05, 0.1) is 5.92 Å². The van der Waals surface area contributed by atoms with Crippen LogP contribution in [0.15, 0.2) is 0 Å². The van der Waals surface area contributed by atoms with Gasteiger partial charge >= 0.3 is 5.97 Å². The average Bonchev–Trinajstić information content (AvgIpc) is 2.56. The average molecular weight is 225 g/mol. The number of nitrogens with zero attached hydrogens (tertiary/aromatic N) is 1. The predicted molar refractivity (Wildman–Crippen MR) is 58.9 cm³/mol. The molecule has 0 radical (unpaired) electrons. The van der Waals surface area contributed by atoms with Gasteiger partial charge in [-0.1, -0.05) is 19.3 Å². The highest BCUT2D eigenvalue weighted by Gasteiger charge is 2.43. The van der Waals surface area contributed by atoms with E-state index in [4.69, 9.17) is 5.11 Å². The normalized spacial score (nSPS) is 32.1. The zero-order valence-electron chi connectivity index (χ0n) is 9.69. The number of amides is 1. The van der Waals surface area contributed by atoms with E-state index < -0.39 is 11.9 Å². The molecule has 90 valence electrons. The zero-order valence-corrected chi connectivity index (χ0v) is 9.69. The molecule has 0 aromatic rings. The van der Waals surface area contributed by atoms with Crippen molar-refractivity contribution >= 4 is 11.9 Å². The third-order valence-electron chi connectivity index (χ3n) is 3.99. The molecule has 1 aliphatic heterocycles. The van der Waals surface area contributed by atoms with Crippen LogP contribution in [0.3, 0.4) is 0 Å². The van der Waals surface area contributed by atoms with Gasteiger partial charge in [-0.3, -0.25) is 9.59 Å². The van der Waals surface area contributed by atoms with Crippen LogP contribution in [0.4, 0.5) is 0 Å². The first-order valence-electron chi connectivity index (χ1n) is 6.15. The molecule has 0 bridgehead atoms. The number of carboxylic acids is 1. The Kier molecular flexibility index (Phi) is 3.17. The molecule has 2 rings (SSSR count). The summed E-state index contributed by atoms with van der Waals surface area (Å²) >= 11 is 0. The monoisotopic (exact) mass is 225 g/mol. The van der Waals surface area contributed by atoms with Crippen LogP contribution in [0, 0.1) is 5.92 Å². The molecule has 2 atom stereocenters. The van der Waals surface area contributed by atoms with Gasteiger partial charge in [-0.15, -0.1) is 0 Å². The van der Waals surface area contributed by atoms with E-state index in [1.54, 1.807) is 0 Å². The number of aliphatic carboxylic acids is 1. The van der Waals surface area contributed by atoms with E-state index in [9.17, 15) is 9.59 Å². The third-order valence-corrected chi connectivity index (χ3v) is 3.99. The number of likely N-dealkylation sites (tertiary alicyclic amines) is 1. The van der Waals surface area contributed by atoms with E-state index >= 15 is 0 Å². The largest absolute Gasteiger partial charge is 0.481 e. The van der Waals surface area contributed by atoms with Gasteiger partial charge < -0.3 is 10.0 Å². The van der Waals surface area contributed by atoms with Crippen molar-refractivity contribution in [2.45, 2.75) is 57.5 Å². The maximum atomic E-state index is 11.9. The van der Waals surface area contributed by atoms with Crippen LogP contribution in [0.5, 0.6) is 0 Å². The lowest BCUT2D eigenvalue weighted by atomic mass is 9.93. The van der Waals surface area contributed by atoms with Crippen LogP contribution in [-0.2, 0) is 9.59 Å². The van der Waals surface area contributed by atoms with Gasteiger partial charge in [0.2, 0.25) is 5.91 Å². The highest BCUT2D eigenvalue weighted by atomic mass is 16.4. The summed E-state index contributed by atoms with van der Waals surface area (Å²) in [6.45, 7) is 1.87. The van der Waals surface area contributed by atoms with Crippen LogP contribution < -0.4 is 0 Å². The number of hydrogen-bond acceptors (Lipinski definition) is 2. The van der Waals surface area contributed by atoms with Crippen LogP contribution in [0.1, 0.15) is 45.4 Å². The van der Waals surface area contributed by atoms with Crippen molar-refractivity contribution in [3.63, 3.8) is 0 Å². The standard InChI is InChI=1S/C12H19NO3/c1-8-10(12(15)16)7-11(14)13(8)9-5-3-2-4-6-9/h8-10H,2-7H2,1H3,(H,15,16). The lowest BCUT2D eigenvalue weighted by molar-refractivity contribution is -0.142. The summed E-state index contributed by atoms with van der Waals surface area (Å²) in [5.41, 5.74) is 0.